The van der Waals surface area contributed by atoms with Gasteiger partial charge >= 0.3 is 0 Å². The van der Waals surface area contributed by atoms with Gasteiger partial charge in [0.2, 0.25) is 12.7 Å². The molecule has 0 amide bonds. The summed E-state index contributed by atoms with van der Waals surface area (Å²) in [6, 6.07) is 10.7. The summed E-state index contributed by atoms with van der Waals surface area (Å²) in [4.78, 5) is 12.1. The summed E-state index contributed by atoms with van der Waals surface area (Å²) in [6.45, 7) is 0.190. The minimum absolute atomic E-state index is 0.119. The van der Waals surface area contributed by atoms with Crippen molar-refractivity contribution in [3.8, 4) is 23.0 Å². The molecule has 0 spiro atoms. The fourth-order valence-electron chi connectivity index (χ4n) is 2.26. The lowest BCUT2D eigenvalue weighted by molar-refractivity contribution is 0.102. The minimum Gasteiger partial charge on any atom is -0.454 e. The highest BCUT2D eigenvalue weighted by atomic mass is 32.2. The van der Waals surface area contributed by atoms with Crippen molar-refractivity contribution < 1.29 is 23.1 Å². The zero-order valence-corrected chi connectivity index (χ0v) is 13.6. The van der Waals surface area contributed by atoms with Gasteiger partial charge in [0.1, 0.15) is 5.82 Å². The van der Waals surface area contributed by atoms with E-state index in [0.29, 0.717) is 28.5 Å². The number of rotatable bonds is 5. The SMILES string of the molecule is O=C(CSc1nnc(-c2ccc3c(c2)OCO3)o1)c1ccc(F)cc1. The lowest BCUT2D eigenvalue weighted by Crippen LogP contribution is -2.02. The Bertz CT molecular complexity index is 927. The molecule has 0 atom stereocenters. The molecule has 2 aromatic carbocycles. The standard InChI is InChI=1S/C17H11FN2O4S/c18-12-4-1-10(2-5-12)13(21)8-25-17-20-19-16(24-17)11-3-6-14-15(7-11)23-9-22-14/h1-7H,8-9H2. The topological polar surface area (TPSA) is 74.5 Å². The summed E-state index contributed by atoms with van der Waals surface area (Å²) in [6.07, 6.45) is 0. The molecule has 0 N–H and O–H groups in total. The van der Waals surface area contributed by atoms with Crippen LogP contribution in [0.3, 0.4) is 0 Å². The van der Waals surface area contributed by atoms with E-state index >= 15 is 0 Å². The van der Waals surface area contributed by atoms with Gasteiger partial charge in [0.05, 0.1) is 5.75 Å². The van der Waals surface area contributed by atoms with Crippen molar-refractivity contribution >= 4 is 17.5 Å². The summed E-state index contributed by atoms with van der Waals surface area (Å²) in [7, 11) is 0. The highest BCUT2D eigenvalue weighted by molar-refractivity contribution is 7.99. The Morgan fingerprint density at radius 2 is 1.88 bits per heavy atom. The molecule has 2 heterocycles. The zero-order chi connectivity index (χ0) is 17.2. The van der Waals surface area contributed by atoms with E-state index in [0.717, 1.165) is 11.8 Å². The molecule has 0 aliphatic carbocycles. The Hall–Kier alpha value is -2.87. The summed E-state index contributed by atoms with van der Waals surface area (Å²) in [5.41, 5.74) is 1.14. The van der Waals surface area contributed by atoms with Gasteiger partial charge in [0.25, 0.3) is 5.22 Å². The number of ketones is 1. The molecule has 1 aliphatic rings. The second-order valence-corrected chi connectivity index (χ2v) is 6.09. The monoisotopic (exact) mass is 358 g/mol. The molecule has 1 aliphatic heterocycles. The number of Topliss-reactive ketones (excluding diaryl/α,β-unsaturated/α-hetero) is 1. The number of thioether (sulfide) groups is 1. The molecule has 0 radical (unpaired) electrons. The Labute approximate surface area is 146 Å². The van der Waals surface area contributed by atoms with E-state index in [4.69, 9.17) is 13.9 Å². The Balaban J connectivity index is 1.43. The van der Waals surface area contributed by atoms with E-state index in [1.807, 2.05) is 0 Å². The molecule has 4 rings (SSSR count). The quantitative estimate of drug-likeness (QED) is 0.510. The number of carbonyl (C=O) groups excluding carboxylic acids is 1. The Kier molecular flexibility index (Phi) is 4.10. The number of aromatic nitrogens is 2. The van der Waals surface area contributed by atoms with E-state index in [1.165, 1.54) is 24.3 Å². The van der Waals surface area contributed by atoms with Crippen molar-refractivity contribution in [3.05, 3.63) is 53.8 Å². The van der Waals surface area contributed by atoms with E-state index in [1.54, 1.807) is 18.2 Å². The first-order valence-corrected chi connectivity index (χ1v) is 8.33. The average Bonchev–Trinajstić information content (AvgIpc) is 3.28. The van der Waals surface area contributed by atoms with Crippen molar-refractivity contribution in [2.24, 2.45) is 0 Å². The molecule has 0 fully saturated rings. The first-order valence-electron chi connectivity index (χ1n) is 7.34. The highest BCUT2D eigenvalue weighted by Crippen LogP contribution is 2.36. The summed E-state index contributed by atoms with van der Waals surface area (Å²) in [5, 5.41) is 8.19. The van der Waals surface area contributed by atoms with E-state index < -0.39 is 0 Å². The van der Waals surface area contributed by atoms with Crippen LogP contribution in [0.5, 0.6) is 11.5 Å². The van der Waals surface area contributed by atoms with E-state index in [2.05, 4.69) is 10.2 Å². The first kappa shape index (κ1) is 15.6. The molecular weight excluding hydrogens is 347 g/mol. The lowest BCUT2D eigenvalue weighted by atomic mass is 10.1. The van der Waals surface area contributed by atoms with Crippen LogP contribution in [0.25, 0.3) is 11.5 Å². The Morgan fingerprint density at radius 1 is 1.08 bits per heavy atom. The van der Waals surface area contributed by atoms with Crippen LogP contribution in [-0.2, 0) is 0 Å². The van der Waals surface area contributed by atoms with Crippen molar-refractivity contribution in [1.82, 2.24) is 10.2 Å². The van der Waals surface area contributed by atoms with Gasteiger partial charge in [0, 0.05) is 11.1 Å². The zero-order valence-electron chi connectivity index (χ0n) is 12.8. The smallest absolute Gasteiger partial charge is 0.277 e. The van der Waals surface area contributed by atoms with Crippen LogP contribution < -0.4 is 9.47 Å². The molecule has 1 aromatic heterocycles. The number of fused-ring (bicyclic) bond motifs is 1. The number of hydrogen-bond acceptors (Lipinski definition) is 7. The van der Waals surface area contributed by atoms with Crippen LogP contribution in [0.4, 0.5) is 4.39 Å². The second kappa shape index (κ2) is 6.56. The van der Waals surface area contributed by atoms with Crippen molar-refractivity contribution in [3.63, 3.8) is 0 Å². The third kappa shape index (κ3) is 3.34. The van der Waals surface area contributed by atoms with Crippen LogP contribution in [0.15, 0.2) is 52.1 Å². The van der Waals surface area contributed by atoms with Crippen LogP contribution >= 0.6 is 11.8 Å². The van der Waals surface area contributed by atoms with Gasteiger partial charge in [-0.3, -0.25) is 4.79 Å². The fraction of sp³-hybridized carbons (Fsp3) is 0.118. The number of carbonyl (C=O) groups is 1. The van der Waals surface area contributed by atoms with Gasteiger partial charge in [-0.15, -0.1) is 10.2 Å². The molecule has 3 aromatic rings. The molecule has 126 valence electrons. The van der Waals surface area contributed by atoms with E-state index in [9.17, 15) is 9.18 Å². The van der Waals surface area contributed by atoms with Crippen LogP contribution in [0, 0.1) is 5.82 Å². The second-order valence-electron chi connectivity index (χ2n) is 5.16. The van der Waals surface area contributed by atoms with Crippen molar-refractivity contribution in [2.45, 2.75) is 5.22 Å². The number of halogens is 1. The van der Waals surface area contributed by atoms with Crippen LogP contribution in [-0.4, -0.2) is 28.5 Å². The van der Waals surface area contributed by atoms with Gasteiger partial charge in [-0.1, -0.05) is 11.8 Å². The highest BCUT2D eigenvalue weighted by Gasteiger charge is 2.17. The van der Waals surface area contributed by atoms with Crippen LogP contribution in [0.2, 0.25) is 0 Å². The maximum Gasteiger partial charge on any atom is 0.277 e. The first-order chi connectivity index (χ1) is 12.2. The van der Waals surface area contributed by atoms with Crippen LogP contribution in [0.1, 0.15) is 10.4 Å². The largest absolute Gasteiger partial charge is 0.454 e. The van der Waals surface area contributed by atoms with Gasteiger partial charge in [-0.05, 0) is 42.5 Å². The predicted octanol–water partition coefficient (Wildman–Crippen LogP) is 3.58. The average molecular weight is 358 g/mol. The number of benzene rings is 2. The number of ether oxygens (including phenoxy) is 2. The van der Waals surface area contributed by atoms with Crippen molar-refractivity contribution in [2.75, 3.05) is 12.5 Å². The van der Waals surface area contributed by atoms with Gasteiger partial charge in [0.15, 0.2) is 17.3 Å². The molecule has 0 unspecified atom stereocenters. The maximum absolute atomic E-state index is 12.9. The number of nitrogens with zero attached hydrogens (tertiary/aromatic N) is 2. The number of hydrogen-bond donors (Lipinski definition) is 0. The summed E-state index contributed by atoms with van der Waals surface area (Å²) >= 11 is 1.13. The predicted molar refractivity (Wildman–Crippen MR) is 87.3 cm³/mol. The fourth-order valence-corrected chi connectivity index (χ4v) is 2.92. The van der Waals surface area contributed by atoms with Crippen molar-refractivity contribution in [1.29, 1.82) is 0 Å². The third-order valence-electron chi connectivity index (χ3n) is 3.52. The lowest BCUT2D eigenvalue weighted by Gasteiger charge is -1.99. The molecule has 6 nitrogen and oxygen atoms in total. The summed E-state index contributed by atoms with van der Waals surface area (Å²) in [5.74, 6) is 1.21. The molecule has 8 heteroatoms. The molecule has 0 saturated heterocycles. The normalized spacial score (nSPS) is 12.4. The molecular formula is C17H11FN2O4S. The Morgan fingerprint density at radius 3 is 2.72 bits per heavy atom. The van der Waals surface area contributed by atoms with Gasteiger partial charge in [-0.25, -0.2) is 4.39 Å². The van der Waals surface area contributed by atoms with Gasteiger partial charge < -0.3 is 13.9 Å². The molecule has 25 heavy (non-hydrogen) atoms. The third-order valence-corrected chi connectivity index (χ3v) is 4.34. The summed E-state index contributed by atoms with van der Waals surface area (Å²) < 4.78 is 29.0. The molecule has 0 bridgehead atoms. The minimum atomic E-state index is -0.380. The van der Waals surface area contributed by atoms with Gasteiger partial charge in [-0.2, -0.15) is 0 Å². The van der Waals surface area contributed by atoms with E-state index in [-0.39, 0.29) is 29.4 Å². The molecule has 0 saturated carbocycles. The maximum atomic E-state index is 12.9.